The molecule has 0 saturated heterocycles. The van der Waals surface area contributed by atoms with Crippen LogP contribution in [0.2, 0.25) is 0 Å². The van der Waals surface area contributed by atoms with E-state index in [1.807, 2.05) is 31.2 Å². The molecule has 98 valence electrons. The minimum atomic E-state index is -0.295. The van der Waals surface area contributed by atoms with Crippen molar-refractivity contribution in [2.24, 2.45) is 0 Å². The fraction of sp³-hybridized carbons (Fsp3) is 0.214. The normalized spacial score (nSPS) is 12.9. The van der Waals surface area contributed by atoms with E-state index in [1.165, 1.54) is 4.88 Å². The standard InChI is InChI=1S/C14H12BrNO2S/c1-2-16-10-6-5-9(8-11(10)18-14(16)17)13(15)12-4-3-7-19-12/h3-8,13H,2H2,1H3. The zero-order valence-corrected chi connectivity index (χ0v) is 12.7. The van der Waals surface area contributed by atoms with Gasteiger partial charge >= 0.3 is 5.76 Å². The molecule has 3 aromatic rings. The molecule has 0 radical (unpaired) electrons. The van der Waals surface area contributed by atoms with Crippen molar-refractivity contribution in [2.75, 3.05) is 0 Å². The first-order chi connectivity index (χ1) is 9.20. The minimum absolute atomic E-state index is 0.132. The van der Waals surface area contributed by atoms with Crippen molar-refractivity contribution in [2.45, 2.75) is 18.3 Å². The van der Waals surface area contributed by atoms with Gasteiger partial charge in [-0.1, -0.05) is 28.1 Å². The monoisotopic (exact) mass is 337 g/mol. The first kappa shape index (κ1) is 12.7. The second-order valence-corrected chi connectivity index (χ2v) is 6.11. The van der Waals surface area contributed by atoms with Crippen LogP contribution < -0.4 is 5.76 Å². The van der Waals surface area contributed by atoms with Crippen LogP contribution in [-0.4, -0.2) is 4.57 Å². The van der Waals surface area contributed by atoms with Crippen LogP contribution in [-0.2, 0) is 6.54 Å². The van der Waals surface area contributed by atoms with Crippen LogP contribution in [0.3, 0.4) is 0 Å². The summed E-state index contributed by atoms with van der Waals surface area (Å²) < 4.78 is 6.92. The number of fused-ring (bicyclic) bond motifs is 1. The van der Waals surface area contributed by atoms with Crippen LogP contribution in [0, 0.1) is 0 Å². The second-order valence-electron chi connectivity index (χ2n) is 4.22. The summed E-state index contributed by atoms with van der Waals surface area (Å²) in [6.45, 7) is 2.55. The van der Waals surface area contributed by atoms with Crippen molar-refractivity contribution in [1.29, 1.82) is 0 Å². The van der Waals surface area contributed by atoms with E-state index in [4.69, 9.17) is 4.42 Å². The van der Waals surface area contributed by atoms with Gasteiger partial charge in [-0.3, -0.25) is 4.57 Å². The Hall–Kier alpha value is -1.33. The highest BCUT2D eigenvalue weighted by Crippen LogP contribution is 2.34. The average molecular weight is 338 g/mol. The molecule has 0 fully saturated rings. The number of benzene rings is 1. The predicted molar refractivity (Wildman–Crippen MR) is 81.2 cm³/mol. The molecule has 2 heterocycles. The Balaban J connectivity index is 2.10. The van der Waals surface area contributed by atoms with E-state index in [1.54, 1.807) is 15.9 Å². The third kappa shape index (κ3) is 2.17. The average Bonchev–Trinajstić information content (AvgIpc) is 3.03. The number of nitrogens with zero attached hydrogens (tertiary/aromatic N) is 1. The summed E-state index contributed by atoms with van der Waals surface area (Å²) in [5, 5.41) is 2.05. The van der Waals surface area contributed by atoms with Gasteiger partial charge in [0.2, 0.25) is 0 Å². The number of aromatic nitrogens is 1. The van der Waals surface area contributed by atoms with Crippen LogP contribution in [0.4, 0.5) is 0 Å². The van der Waals surface area contributed by atoms with E-state index < -0.39 is 0 Å². The van der Waals surface area contributed by atoms with Gasteiger partial charge in [-0.2, -0.15) is 0 Å². The number of hydrogen-bond acceptors (Lipinski definition) is 3. The molecular formula is C14H12BrNO2S. The van der Waals surface area contributed by atoms with Crippen molar-refractivity contribution in [3.63, 3.8) is 0 Å². The third-order valence-electron chi connectivity index (χ3n) is 3.09. The van der Waals surface area contributed by atoms with E-state index in [9.17, 15) is 4.79 Å². The van der Waals surface area contributed by atoms with Crippen molar-refractivity contribution >= 4 is 38.4 Å². The second kappa shape index (κ2) is 4.98. The molecule has 1 atom stereocenters. The number of thiophene rings is 1. The Labute approximate surface area is 122 Å². The van der Waals surface area contributed by atoms with E-state index in [0.717, 1.165) is 11.1 Å². The van der Waals surface area contributed by atoms with Crippen molar-refractivity contribution in [3.05, 3.63) is 56.7 Å². The molecular weight excluding hydrogens is 326 g/mol. The maximum Gasteiger partial charge on any atom is 0.419 e. The molecule has 2 aromatic heterocycles. The molecule has 0 amide bonds. The SMILES string of the molecule is CCn1c(=O)oc2cc(C(Br)c3cccs3)ccc21. The summed E-state index contributed by atoms with van der Waals surface area (Å²) in [5.41, 5.74) is 2.58. The molecule has 3 rings (SSSR count). The molecule has 19 heavy (non-hydrogen) atoms. The molecule has 0 bridgehead atoms. The van der Waals surface area contributed by atoms with Gasteiger partial charge in [-0.05, 0) is 36.1 Å². The molecule has 0 spiro atoms. The molecule has 1 unspecified atom stereocenters. The molecule has 0 aliphatic heterocycles. The van der Waals surface area contributed by atoms with E-state index >= 15 is 0 Å². The van der Waals surface area contributed by atoms with Gasteiger partial charge in [-0.25, -0.2) is 4.79 Å². The molecule has 5 heteroatoms. The summed E-state index contributed by atoms with van der Waals surface area (Å²) in [5.74, 6) is -0.295. The Kier molecular flexibility index (Phi) is 3.33. The summed E-state index contributed by atoms with van der Waals surface area (Å²) in [7, 11) is 0. The van der Waals surface area contributed by atoms with Crippen LogP contribution >= 0.6 is 27.3 Å². The molecule has 1 aromatic carbocycles. The Morgan fingerprint density at radius 1 is 1.42 bits per heavy atom. The van der Waals surface area contributed by atoms with Gasteiger partial charge in [0.15, 0.2) is 5.58 Å². The summed E-state index contributed by atoms with van der Waals surface area (Å²) in [6.07, 6.45) is 0. The predicted octanol–water partition coefficient (Wildman–Crippen LogP) is 4.16. The number of halogens is 1. The number of rotatable bonds is 3. The minimum Gasteiger partial charge on any atom is -0.408 e. The van der Waals surface area contributed by atoms with Gasteiger partial charge in [0.05, 0.1) is 10.3 Å². The fourth-order valence-corrected chi connectivity index (χ4v) is 3.63. The molecule has 0 aliphatic rings. The highest BCUT2D eigenvalue weighted by atomic mass is 79.9. The van der Waals surface area contributed by atoms with Crippen molar-refractivity contribution < 1.29 is 4.42 Å². The number of aryl methyl sites for hydroxylation is 1. The van der Waals surface area contributed by atoms with Gasteiger partial charge in [0.1, 0.15) is 0 Å². The highest BCUT2D eigenvalue weighted by molar-refractivity contribution is 9.09. The van der Waals surface area contributed by atoms with Gasteiger partial charge in [0.25, 0.3) is 0 Å². The zero-order valence-electron chi connectivity index (χ0n) is 10.3. The number of alkyl halides is 1. The molecule has 3 nitrogen and oxygen atoms in total. The topological polar surface area (TPSA) is 35.1 Å². The van der Waals surface area contributed by atoms with Crippen LogP contribution in [0.1, 0.15) is 22.2 Å². The lowest BCUT2D eigenvalue weighted by Gasteiger charge is -2.07. The Morgan fingerprint density at radius 3 is 2.95 bits per heavy atom. The molecule has 0 N–H and O–H groups in total. The lowest BCUT2D eigenvalue weighted by atomic mass is 10.1. The molecule has 0 aliphatic carbocycles. The van der Waals surface area contributed by atoms with Gasteiger partial charge in [-0.15, -0.1) is 11.3 Å². The highest BCUT2D eigenvalue weighted by Gasteiger charge is 2.14. The third-order valence-corrected chi connectivity index (χ3v) is 5.36. The lowest BCUT2D eigenvalue weighted by molar-refractivity contribution is 0.513. The summed E-state index contributed by atoms with van der Waals surface area (Å²) in [4.78, 5) is 13.0. The fourth-order valence-electron chi connectivity index (χ4n) is 2.14. The van der Waals surface area contributed by atoms with Crippen LogP contribution in [0.15, 0.2) is 44.9 Å². The maximum absolute atomic E-state index is 11.7. The van der Waals surface area contributed by atoms with Crippen LogP contribution in [0.25, 0.3) is 11.1 Å². The lowest BCUT2D eigenvalue weighted by Crippen LogP contribution is -2.11. The first-order valence-electron chi connectivity index (χ1n) is 6.01. The smallest absolute Gasteiger partial charge is 0.408 e. The van der Waals surface area contributed by atoms with E-state index in [2.05, 4.69) is 27.4 Å². The Morgan fingerprint density at radius 2 is 2.26 bits per heavy atom. The summed E-state index contributed by atoms with van der Waals surface area (Å²) >= 11 is 5.38. The van der Waals surface area contributed by atoms with Crippen molar-refractivity contribution in [3.8, 4) is 0 Å². The van der Waals surface area contributed by atoms with E-state index in [0.29, 0.717) is 12.1 Å². The quantitative estimate of drug-likeness (QED) is 0.672. The maximum atomic E-state index is 11.7. The largest absolute Gasteiger partial charge is 0.419 e. The van der Waals surface area contributed by atoms with Crippen molar-refractivity contribution in [1.82, 2.24) is 4.57 Å². The first-order valence-corrected chi connectivity index (χ1v) is 7.81. The van der Waals surface area contributed by atoms with Gasteiger partial charge in [0, 0.05) is 11.4 Å². The number of hydrogen-bond donors (Lipinski definition) is 0. The summed E-state index contributed by atoms with van der Waals surface area (Å²) in [6, 6.07) is 10.0. The van der Waals surface area contributed by atoms with E-state index in [-0.39, 0.29) is 10.6 Å². The van der Waals surface area contributed by atoms with Crippen LogP contribution in [0.5, 0.6) is 0 Å². The van der Waals surface area contributed by atoms with Gasteiger partial charge < -0.3 is 4.42 Å². The zero-order chi connectivity index (χ0) is 13.4. The number of oxazole rings is 1. The Bertz CT molecular complexity index is 757. The molecule has 0 saturated carbocycles.